The molecule has 1 heterocycles. The number of aromatic nitrogens is 1. The summed E-state index contributed by atoms with van der Waals surface area (Å²) in [4.78, 5) is 16.3. The van der Waals surface area contributed by atoms with E-state index in [1.807, 2.05) is 0 Å². The molecule has 0 radical (unpaired) electrons. The second-order valence-corrected chi connectivity index (χ2v) is 6.76. The molecule has 3 rings (SSSR count). The number of ether oxygens (including phenoxy) is 1. The molecular formula is C19H9F11N2O2. The number of hydrogen-bond donors (Lipinski definition) is 1. The van der Waals surface area contributed by atoms with Crippen LogP contribution in [0.1, 0.15) is 0 Å². The minimum absolute atomic E-state index is 0.0304. The van der Waals surface area contributed by atoms with Crippen molar-refractivity contribution in [1.29, 1.82) is 0 Å². The maximum atomic E-state index is 14.6. The first kappa shape index (κ1) is 25.4. The zero-order valence-electron chi connectivity index (χ0n) is 16.0. The highest BCUT2D eigenvalue weighted by Gasteiger charge is 2.79. The molecule has 0 bridgehead atoms. The predicted octanol–water partition coefficient (Wildman–Crippen LogP) is 6.36. The monoisotopic (exact) mass is 506 g/mol. The lowest BCUT2D eigenvalue weighted by atomic mass is 10.1. The Hall–Kier alpha value is -3.23. The number of amides is 1. The SMILES string of the molecule is O=C(Nc1c2ccccc2nc2ccccc12)C(F)(OC(F)(F)C(F)(F)C(F)(F)F)C(F)(F)F. The highest BCUT2D eigenvalue weighted by Crippen LogP contribution is 2.51. The number of rotatable bonds is 5. The summed E-state index contributed by atoms with van der Waals surface area (Å²) < 4.78 is 147. The Morgan fingerprint density at radius 2 is 1.15 bits per heavy atom. The summed E-state index contributed by atoms with van der Waals surface area (Å²) >= 11 is 0. The number of anilines is 1. The van der Waals surface area contributed by atoms with E-state index in [1.165, 1.54) is 53.8 Å². The van der Waals surface area contributed by atoms with Crippen LogP contribution in [0, 0.1) is 0 Å². The zero-order valence-corrected chi connectivity index (χ0v) is 16.0. The summed E-state index contributed by atoms with van der Waals surface area (Å²) in [6.45, 7) is 0. The molecule has 1 N–H and O–H groups in total. The molecule has 1 atom stereocenters. The topological polar surface area (TPSA) is 51.2 Å². The number of alkyl halides is 11. The van der Waals surface area contributed by atoms with Crippen LogP contribution in [-0.2, 0) is 9.53 Å². The first-order valence-electron chi connectivity index (χ1n) is 8.79. The molecule has 1 amide bonds. The number of nitrogens with zero attached hydrogens (tertiary/aromatic N) is 1. The lowest BCUT2D eigenvalue weighted by Crippen LogP contribution is -2.62. The van der Waals surface area contributed by atoms with Crippen molar-refractivity contribution in [3.63, 3.8) is 0 Å². The van der Waals surface area contributed by atoms with E-state index >= 15 is 0 Å². The number of carbonyl (C=O) groups is 1. The molecule has 3 aromatic rings. The van der Waals surface area contributed by atoms with Crippen molar-refractivity contribution in [3.8, 4) is 0 Å². The molecule has 0 spiro atoms. The average Bonchev–Trinajstić information content (AvgIpc) is 2.71. The average molecular weight is 506 g/mol. The normalized spacial score (nSPS) is 15.4. The minimum Gasteiger partial charge on any atom is -0.320 e. The van der Waals surface area contributed by atoms with Gasteiger partial charge in [-0.25, -0.2) is 4.98 Å². The summed E-state index contributed by atoms with van der Waals surface area (Å²) in [6.07, 6.45) is -21.1. The second-order valence-electron chi connectivity index (χ2n) is 6.76. The molecule has 0 saturated heterocycles. The number of nitrogens with one attached hydrogen (secondary N) is 1. The summed E-state index contributed by atoms with van der Waals surface area (Å²) in [5, 5.41) is 1.06. The lowest BCUT2D eigenvalue weighted by Gasteiger charge is -2.34. The molecule has 2 aromatic carbocycles. The molecule has 1 unspecified atom stereocenters. The molecule has 0 saturated carbocycles. The maximum absolute atomic E-state index is 14.6. The van der Waals surface area contributed by atoms with Crippen LogP contribution in [-0.4, -0.2) is 41.1 Å². The Labute approximate surface area is 181 Å². The van der Waals surface area contributed by atoms with Crippen molar-refractivity contribution >= 4 is 33.4 Å². The number of fused-ring (bicyclic) bond motifs is 2. The van der Waals surface area contributed by atoms with Crippen LogP contribution >= 0.6 is 0 Å². The maximum Gasteiger partial charge on any atom is 0.462 e. The van der Waals surface area contributed by atoms with Gasteiger partial charge in [0.15, 0.2) is 0 Å². The number of pyridine rings is 1. The van der Waals surface area contributed by atoms with Crippen molar-refractivity contribution in [3.05, 3.63) is 48.5 Å². The van der Waals surface area contributed by atoms with Crippen molar-refractivity contribution in [1.82, 2.24) is 4.98 Å². The Morgan fingerprint density at radius 1 is 0.706 bits per heavy atom. The summed E-state index contributed by atoms with van der Waals surface area (Å²) in [6, 6.07) is 10.5. The van der Waals surface area contributed by atoms with Gasteiger partial charge in [-0.15, -0.1) is 0 Å². The minimum atomic E-state index is -7.28. The van der Waals surface area contributed by atoms with Crippen LogP contribution in [0.3, 0.4) is 0 Å². The van der Waals surface area contributed by atoms with Crippen LogP contribution in [0.4, 0.5) is 54.0 Å². The van der Waals surface area contributed by atoms with E-state index in [2.05, 4.69) is 9.72 Å². The molecule has 0 fully saturated rings. The number of para-hydroxylation sites is 2. The molecular weight excluding hydrogens is 497 g/mol. The highest BCUT2D eigenvalue weighted by molar-refractivity contribution is 6.13. The lowest BCUT2D eigenvalue weighted by molar-refractivity contribution is -0.472. The quantitative estimate of drug-likeness (QED) is 0.324. The highest BCUT2D eigenvalue weighted by atomic mass is 19.4. The molecule has 1 aromatic heterocycles. The first-order valence-corrected chi connectivity index (χ1v) is 8.79. The molecule has 0 aliphatic carbocycles. The third kappa shape index (κ3) is 4.08. The summed E-state index contributed by atoms with van der Waals surface area (Å²) in [5.41, 5.74) is -0.558. The van der Waals surface area contributed by atoms with Gasteiger partial charge in [0.1, 0.15) is 0 Å². The molecule has 34 heavy (non-hydrogen) atoms. The van der Waals surface area contributed by atoms with Crippen molar-refractivity contribution < 1.29 is 57.8 Å². The van der Waals surface area contributed by atoms with Crippen molar-refractivity contribution in [2.24, 2.45) is 0 Å². The molecule has 0 aliphatic rings. The number of halogens is 11. The van der Waals surface area contributed by atoms with E-state index < -0.39 is 41.8 Å². The van der Waals surface area contributed by atoms with E-state index in [0.29, 0.717) is 0 Å². The van der Waals surface area contributed by atoms with Gasteiger partial charge in [-0.05, 0) is 12.1 Å². The fraction of sp³-hybridized carbons (Fsp3) is 0.263. The Balaban J connectivity index is 2.13. The van der Waals surface area contributed by atoms with Gasteiger partial charge in [0.25, 0.3) is 5.91 Å². The van der Waals surface area contributed by atoms with Gasteiger partial charge in [0, 0.05) is 10.8 Å². The molecule has 4 nitrogen and oxygen atoms in total. The van der Waals surface area contributed by atoms with Gasteiger partial charge in [-0.1, -0.05) is 36.4 Å². The molecule has 15 heteroatoms. The van der Waals surface area contributed by atoms with Crippen molar-refractivity contribution in [2.45, 2.75) is 30.2 Å². The van der Waals surface area contributed by atoms with Crippen LogP contribution in [0.15, 0.2) is 48.5 Å². The van der Waals surface area contributed by atoms with E-state index in [1.54, 1.807) is 0 Å². The van der Waals surface area contributed by atoms with E-state index in [9.17, 15) is 53.1 Å². The zero-order chi connectivity index (χ0) is 25.7. The van der Waals surface area contributed by atoms with Crippen LogP contribution in [0.25, 0.3) is 21.8 Å². The first-order chi connectivity index (χ1) is 15.4. The number of carbonyl (C=O) groups excluding carboxylic acids is 1. The summed E-state index contributed by atoms with van der Waals surface area (Å²) in [7, 11) is 0. The van der Waals surface area contributed by atoms with Crippen LogP contribution < -0.4 is 5.32 Å². The second kappa shape index (κ2) is 7.92. The van der Waals surface area contributed by atoms with E-state index in [-0.39, 0.29) is 21.8 Å². The summed E-state index contributed by atoms with van der Waals surface area (Å²) in [5.74, 6) is -16.7. The number of hydrogen-bond acceptors (Lipinski definition) is 3. The van der Waals surface area contributed by atoms with Crippen LogP contribution in [0.5, 0.6) is 0 Å². The van der Waals surface area contributed by atoms with Gasteiger partial charge in [-0.2, -0.15) is 48.3 Å². The Bertz CT molecular complexity index is 1190. The number of benzene rings is 2. The Kier molecular flexibility index (Phi) is 5.92. The smallest absolute Gasteiger partial charge is 0.320 e. The fourth-order valence-corrected chi connectivity index (χ4v) is 2.81. The third-order valence-corrected chi connectivity index (χ3v) is 4.47. The third-order valence-electron chi connectivity index (χ3n) is 4.47. The standard InChI is InChI=1S/C19H9F11N2O2/c20-15(17(23,24)25,34-19(29,30)16(21,22)18(26,27)28)14(33)32-13-9-5-1-3-7-11(9)31-12-8-4-2-6-10(12)13/h1-8H,(H,31,32,33). The fourth-order valence-electron chi connectivity index (χ4n) is 2.81. The predicted molar refractivity (Wildman–Crippen MR) is 94.8 cm³/mol. The van der Waals surface area contributed by atoms with Crippen molar-refractivity contribution in [2.75, 3.05) is 5.32 Å². The largest absolute Gasteiger partial charge is 0.462 e. The Morgan fingerprint density at radius 3 is 1.56 bits per heavy atom. The molecule has 0 aliphatic heterocycles. The van der Waals surface area contributed by atoms with Gasteiger partial charge < -0.3 is 5.32 Å². The van der Waals surface area contributed by atoms with E-state index in [4.69, 9.17) is 0 Å². The van der Waals surface area contributed by atoms with E-state index in [0.717, 1.165) is 0 Å². The van der Waals surface area contributed by atoms with Gasteiger partial charge in [-0.3, -0.25) is 9.53 Å². The molecule has 184 valence electrons. The van der Waals surface area contributed by atoms with Crippen LogP contribution in [0.2, 0.25) is 0 Å². The van der Waals surface area contributed by atoms with Gasteiger partial charge >= 0.3 is 30.2 Å². The van der Waals surface area contributed by atoms with Gasteiger partial charge in [0.05, 0.1) is 16.7 Å². The van der Waals surface area contributed by atoms with Gasteiger partial charge in [0.2, 0.25) is 0 Å².